The molecule has 0 heterocycles. The summed E-state index contributed by atoms with van der Waals surface area (Å²) in [7, 11) is 0. The van der Waals surface area contributed by atoms with E-state index in [4.69, 9.17) is 12.2 Å². The van der Waals surface area contributed by atoms with E-state index in [1.54, 1.807) is 0 Å². The second kappa shape index (κ2) is 5.57. The summed E-state index contributed by atoms with van der Waals surface area (Å²) in [5.74, 6) is 0. The van der Waals surface area contributed by atoms with Gasteiger partial charge in [-0.05, 0) is 18.0 Å². The third kappa shape index (κ3) is 3.44. The largest absolute Gasteiger partial charge is 0.157 e. The van der Waals surface area contributed by atoms with Crippen molar-refractivity contribution in [1.82, 2.24) is 0 Å². The Labute approximate surface area is 61.0 Å². The third-order valence-corrected chi connectivity index (χ3v) is 2.51. The number of rotatable bonds is 4. The Bertz CT molecular complexity index is 61.5. The molecule has 0 N–H and O–H groups in total. The molecule has 0 aromatic carbocycles. The molecule has 0 nitrogen and oxygen atoms in total. The predicted octanol–water partition coefficient (Wildman–Crippen LogP) is 2.52. The number of thioether (sulfide) groups is 1. The molecule has 0 aliphatic heterocycles. The minimum absolute atomic E-state index is 0.606. The average molecular weight is 148 g/mol. The summed E-state index contributed by atoms with van der Waals surface area (Å²) in [6, 6.07) is 0. The topological polar surface area (TPSA) is 0 Å². The van der Waals surface area contributed by atoms with Gasteiger partial charge in [0.1, 0.15) is 0 Å². The van der Waals surface area contributed by atoms with E-state index in [1.807, 2.05) is 17.1 Å². The van der Waals surface area contributed by atoms with Crippen LogP contribution in [-0.2, 0) is 0 Å². The van der Waals surface area contributed by atoms with Crippen molar-refractivity contribution in [3.8, 4) is 0 Å². The first-order chi connectivity index (χ1) is 3.85. The molecular weight excluding hydrogens is 136 g/mol. The SMILES string of the molecule is CCCC(C=S)SC. The second-order valence-electron chi connectivity index (χ2n) is 1.70. The molecule has 0 saturated carbocycles. The highest BCUT2D eigenvalue weighted by Gasteiger charge is 1.97. The molecule has 0 saturated heterocycles. The number of thiocarbonyl (C=S) groups is 1. The zero-order valence-corrected chi connectivity index (χ0v) is 7.02. The van der Waals surface area contributed by atoms with Gasteiger partial charge < -0.3 is 0 Å². The summed E-state index contributed by atoms with van der Waals surface area (Å²) >= 11 is 6.63. The van der Waals surface area contributed by atoms with Crippen molar-refractivity contribution in [3.05, 3.63) is 0 Å². The molecule has 0 rings (SSSR count). The van der Waals surface area contributed by atoms with Crippen molar-refractivity contribution in [2.24, 2.45) is 0 Å². The van der Waals surface area contributed by atoms with Crippen LogP contribution in [0.1, 0.15) is 19.8 Å². The van der Waals surface area contributed by atoms with Gasteiger partial charge in [0.15, 0.2) is 0 Å². The van der Waals surface area contributed by atoms with Crippen molar-refractivity contribution in [1.29, 1.82) is 0 Å². The lowest BCUT2D eigenvalue weighted by Gasteiger charge is -2.03. The Kier molecular flexibility index (Phi) is 5.88. The van der Waals surface area contributed by atoms with E-state index in [0.717, 1.165) is 0 Å². The third-order valence-electron chi connectivity index (χ3n) is 1.03. The lowest BCUT2D eigenvalue weighted by atomic mass is 10.3. The smallest absolute Gasteiger partial charge is 0.0327 e. The molecule has 0 aromatic rings. The van der Waals surface area contributed by atoms with Gasteiger partial charge in [-0.1, -0.05) is 25.6 Å². The fourth-order valence-electron chi connectivity index (χ4n) is 0.526. The Morgan fingerprint density at radius 1 is 1.75 bits per heavy atom. The van der Waals surface area contributed by atoms with Crippen LogP contribution >= 0.6 is 24.0 Å². The normalized spacial score (nSPS) is 13.2. The van der Waals surface area contributed by atoms with E-state index < -0.39 is 0 Å². The van der Waals surface area contributed by atoms with Crippen LogP contribution in [0.25, 0.3) is 0 Å². The van der Waals surface area contributed by atoms with Crippen molar-refractivity contribution in [2.45, 2.75) is 25.0 Å². The van der Waals surface area contributed by atoms with Gasteiger partial charge in [-0.3, -0.25) is 0 Å². The molecule has 8 heavy (non-hydrogen) atoms. The minimum Gasteiger partial charge on any atom is -0.157 e. The van der Waals surface area contributed by atoms with Crippen molar-refractivity contribution in [2.75, 3.05) is 6.26 Å². The summed E-state index contributed by atoms with van der Waals surface area (Å²) < 4.78 is 0. The van der Waals surface area contributed by atoms with Gasteiger partial charge in [0.2, 0.25) is 0 Å². The minimum atomic E-state index is 0.606. The van der Waals surface area contributed by atoms with Crippen LogP contribution in [0.3, 0.4) is 0 Å². The highest BCUT2D eigenvalue weighted by molar-refractivity contribution is 8.00. The summed E-state index contributed by atoms with van der Waals surface area (Å²) in [5, 5.41) is 2.46. The standard InChI is InChI=1S/C6H12S2/c1-3-4-6(5-7)8-2/h5-6H,3-4H2,1-2H3. The van der Waals surface area contributed by atoms with Gasteiger partial charge in [-0.15, -0.1) is 0 Å². The van der Waals surface area contributed by atoms with Gasteiger partial charge in [0.05, 0.1) is 0 Å². The van der Waals surface area contributed by atoms with Gasteiger partial charge in [0.25, 0.3) is 0 Å². The van der Waals surface area contributed by atoms with Crippen LogP contribution in [0.15, 0.2) is 0 Å². The average Bonchev–Trinajstić information content (AvgIpc) is 1.83. The summed E-state index contributed by atoms with van der Waals surface area (Å²) in [4.78, 5) is 0. The molecule has 1 atom stereocenters. The zero-order valence-electron chi connectivity index (χ0n) is 5.39. The first kappa shape index (κ1) is 8.44. The van der Waals surface area contributed by atoms with Crippen LogP contribution in [-0.4, -0.2) is 16.9 Å². The van der Waals surface area contributed by atoms with Crippen LogP contribution in [0.4, 0.5) is 0 Å². The van der Waals surface area contributed by atoms with Gasteiger partial charge in [0, 0.05) is 5.25 Å². The Hall–Kier alpha value is 0.440. The van der Waals surface area contributed by atoms with Crippen molar-refractivity contribution < 1.29 is 0 Å². The lowest BCUT2D eigenvalue weighted by molar-refractivity contribution is 0.858. The van der Waals surface area contributed by atoms with E-state index in [2.05, 4.69) is 13.2 Å². The lowest BCUT2D eigenvalue weighted by Crippen LogP contribution is -1.99. The molecule has 0 fully saturated rings. The molecule has 0 aliphatic carbocycles. The fraction of sp³-hybridized carbons (Fsp3) is 0.833. The first-order valence-electron chi connectivity index (χ1n) is 2.83. The number of hydrogen-bond acceptors (Lipinski definition) is 2. The summed E-state index contributed by atoms with van der Waals surface area (Å²) in [6.07, 6.45) is 4.56. The van der Waals surface area contributed by atoms with Crippen molar-refractivity contribution >= 4 is 29.3 Å². The molecule has 0 aromatic heterocycles. The Balaban J connectivity index is 3.21. The maximum atomic E-state index is 4.79. The monoisotopic (exact) mass is 148 g/mol. The molecule has 2 heteroatoms. The molecule has 1 unspecified atom stereocenters. The zero-order chi connectivity index (χ0) is 6.41. The molecule has 0 spiro atoms. The van der Waals surface area contributed by atoms with Crippen LogP contribution in [0, 0.1) is 0 Å². The van der Waals surface area contributed by atoms with Crippen LogP contribution < -0.4 is 0 Å². The highest BCUT2D eigenvalue weighted by atomic mass is 32.2. The van der Waals surface area contributed by atoms with Crippen LogP contribution in [0.5, 0.6) is 0 Å². The van der Waals surface area contributed by atoms with Gasteiger partial charge >= 0.3 is 0 Å². The van der Waals surface area contributed by atoms with Crippen molar-refractivity contribution in [3.63, 3.8) is 0 Å². The van der Waals surface area contributed by atoms with E-state index in [1.165, 1.54) is 12.8 Å². The summed E-state index contributed by atoms with van der Waals surface area (Å²) in [6.45, 7) is 2.18. The van der Waals surface area contributed by atoms with E-state index >= 15 is 0 Å². The second-order valence-corrected chi connectivity index (χ2v) is 3.05. The molecule has 48 valence electrons. The maximum absolute atomic E-state index is 4.79. The Morgan fingerprint density at radius 3 is 2.50 bits per heavy atom. The van der Waals surface area contributed by atoms with Gasteiger partial charge in [-0.25, -0.2) is 0 Å². The Morgan fingerprint density at radius 2 is 2.38 bits per heavy atom. The highest BCUT2D eigenvalue weighted by Crippen LogP contribution is 2.09. The summed E-state index contributed by atoms with van der Waals surface area (Å²) in [5.41, 5.74) is 0. The molecular formula is C6H12S2. The quantitative estimate of drug-likeness (QED) is 0.562. The fourth-order valence-corrected chi connectivity index (χ4v) is 1.58. The molecule has 0 aliphatic rings. The maximum Gasteiger partial charge on any atom is 0.0327 e. The first-order valence-corrected chi connectivity index (χ1v) is 4.59. The molecule has 0 bridgehead atoms. The number of hydrogen-bond donors (Lipinski definition) is 0. The molecule has 0 amide bonds. The van der Waals surface area contributed by atoms with E-state index in [-0.39, 0.29) is 0 Å². The van der Waals surface area contributed by atoms with E-state index in [0.29, 0.717) is 5.25 Å². The molecule has 0 radical (unpaired) electrons. The van der Waals surface area contributed by atoms with Crippen LogP contribution in [0.2, 0.25) is 0 Å². The van der Waals surface area contributed by atoms with E-state index in [9.17, 15) is 0 Å². The predicted molar refractivity (Wildman–Crippen MR) is 45.9 cm³/mol. The van der Waals surface area contributed by atoms with Gasteiger partial charge in [-0.2, -0.15) is 11.8 Å².